The van der Waals surface area contributed by atoms with Gasteiger partial charge in [0, 0.05) is 30.0 Å². The van der Waals surface area contributed by atoms with Crippen molar-refractivity contribution < 1.29 is 9.59 Å². The first-order valence-corrected chi connectivity index (χ1v) is 8.61. The van der Waals surface area contributed by atoms with E-state index >= 15 is 0 Å². The molecule has 0 spiro atoms. The fourth-order valence-corrected chi connectivity index (χ4v) is 2.82. The van der Waals surface area contributed by atoms with Crippen molar-refractivity contribution in [1.29, 1.82) is 0 Å². The van der Waals surface area contributed by atoms with E-state index < -0.39 is 0 Å². The van der Waals surface area contributed by atoms with Crippen molar-refractivity contribution in [2.75, 3.05) is 23.3 Å². The van der Waals surface area contributed by atoms with Crippen LogP contribution >= 0.6 is 0 Å². The molecule has 1 aliphatic heterocycles. The Hall–Kier alpha value is -2.82. The van der Waals surface area contributed by atoms with Gasteiger partial charge in [-0.15, -0.1) is 0 Å². The fraction of sp³-hybridized carbons (Fsp3) is 0.300. The van der Waals surface area contributed by atoms with Crippen molar-refractivity contribution in [3.05, 3.63) is 59.7 Å². The number of hydrogen-bond acceptors (Lipinski definition) is 2. The van der Waals surface area contributed by atoms with Crippen LogP contribution in [0, 0.1) is 0 Å². The van der Waals surface area contributed by atoms with E-state index in [2.05, 4.69) is 24.5 Å². The Morgan fingerprint density at radius 1 is 1.08 bits per heavy atom. The number of amides is 3. The molecule has 5 heteroatoms. The van der Waals surface area contributed by atoms with Crippen molar-refractivity contribution >= 4 is 23.3 Å². The smallest absolute Gasteiger partial charge is 0.321 e. The van der Waals surface area contributed by atoms with Crippen LogP contribution in [-0.4, -0.2) is 25.0 Å². The molecule has 0 aliphatic carbocycles. The SMILES string of the molecule is CC(C)c1ccc(C(=O)Nc2ccc(N3CCCNC3=O)cc2)cc1. The topological polar surface area (TPSA) is 61.4 Å². The van der Waals surface area contributed by atoms with Gasteiger partial charge >= 0.3 is 6.03 Å². The van der Waals surface area contributed by atoms with Crippen molar-refractivity contribution in [2.24, 2.45) is 0 Å². The number of hydrogen-bond donors (Lipinski definition) is 2. The number of carbonyl (C=O) groups is 2. The van der Waals surface area contributed by atoms with Gasteiger partial charge in [-0.2, -0.15) is 0 Å². The molecule has 2 N–H and O–H groups in total. The molecule has 1 saturated heterocycles. The van der Waals surface area contributed by atoms with Gasteiger partial charge in [0.2, 0.25) is 0 Å². The molecule has 3 amide bonds. The molecule has 5 nitrogen and oxygen atoms in total. The quantitative estimate of drug-likeness (QED) is 0.886. The van der Waals surface area contributed by atoms with E-state index in [4.69, 9.17) is 0 Å². The van der Waals surface area contributed by atoms with Crippen LogP contribution in [0.5, 0.6) is 0 Å². The van der Waals surface area contributed by atoms with E-state index in [0.29, 0.717) is 23.7 Å². The van der Waals surface area contributed by atoms with Crippen LogP contribution in [-0.2, 0) is 0 Å². The van der Waals surface area contributed by atoms with Crippen molar-refractivity contribution in [1.82, 2.24) is 5.32 Å². The lowest BCUT2D eigenvalue weighted by Gasteiger charge is -2.27. The van der Waals surface area contributed by atoms with Gasteiger partial charge in [-0.1, -0.05) is 26.0 Å². The Kier molecular flexibility index (Phi) is 5.03. The summed E-state index contributed by atoms with van der Waals surface area (Å²) in [7, 11) is 0. The lowest BCUT2D eigenvalue weighted by Crippen LogP contribution is -2.46. The molecule has 2 aromatic rings. The third kappa shape index (κ3) is 3.99. The van der Waals surface area contributed by atoms with Crippen LogP contribution in [0.25, 0.3) is 0 Å². The molecular formula is C20H23N3O2. The maximum Gasteiger partial charge on any atom is 0.321 e. The first-order valence-electron chi connectivity index (χ1n) is 8.61. The van der Waals surface area contributed by atoms with Gasteiger partial charge in [-0.05, 0) is 54.3 Å². The molecule has 1 fully saturated rings. The summed E-state index contributed by atoms with van der Waals surface area (Å²) in [5, 5.41) is 5.72. The molecule has 1 heterocycles. The van der Waals surface area contributed by atoms with E-state index in [1.807, 2.05) is 48.5 Å². The van der Waals surface area contributed by atoms with Gasteiger partial charge in [0.15, 0.2) is 0 Å². The van der Waals surface area contributed by atoms with Crippen LogP contribution in [0.3, 0.4) is 0 Å². The largest absolute Gasteiger partial charge is 0.338 e. The highest BCUT2D eigenvalue weighted by molar-refractivity contribution is 6.04. The van der Waals surface area contributed by atoms with E-state index in [0.717, 1.165) is 18.7 Å². The Labute approximate surface area is 148 Å². The molecule has 0 unspecified atom stereocenters. The van der Waals surface area contributed by atoms with Crippen LogP contribution in [0.2, 0.25) is 0 Å². The molecule has 0 bridgehead atoms. The van der Waals surface area contributed by atoms with Gasteiger partial charge in [-0.3, -0.25) is 9.69 Å². The summed E-state index contributed by atoms with van der Waals surface area (Å²) in [6.07, 6.45) is 0.927. The van der Waals surface area contributed by atoms with Gasteiger partial charge in [0.25, 0.3) is 5.91 Å². The summed E-state index contributed by atoms with van der Waals surface area (Å²) in [6, 6.07) is 14.9. The number of nitrogens with one attached hydrogen (secondary N) is 2. The average Bonchev–Trinajstić information content (AvgIpc) is 2.63. The third-order valence-corrected chi connectivity index (χ3v) is 4.36. The summed E-state index contributed by atoms with van der Waals surface area (Å²) in [4.78, 5) is 25.9. The predicted octanol–water partition coefficient (Wildman–Crippen LogP) is 3.98. The van der Waals surface area contributed by atoms with E-state index in [-0.39, 0.29) is 11.9 Å². The highest BCUT2D eigenvalue weighted by Crippen LogP contribution is 2.21. The number of anilines is 2. The average molecular weight is 337 g/mol. The van der Waals surface area contributed by atoms with Gasteiger partial charge in [0.05, 0.1) is 0 Å². The minimum Gasteiger partial charge on any atom is -0.338 e. The molecule has 0 aromatic heterocycles. The van der Waals surface area contributed by atoms with Crippen LogP contribution in [0.1, 0.15) is 42.1 Å². The number of nitrogens with zero attached hydrogens (tertiary/aromatic N) is 1. The molecule has 130 valence electrons. The van der Waals surface area contributed by atoms with Crippen molar-refractivity contribution in [3.63, 3.8) is 0 Å². The minimum atomic E-state index is -0.140. The summed E-state index contributed by atoms with van der Waals surface area (Å²) in [5.41, 5.74) is 3.38. The normalized spacial score (nSPS) is 14.4. The molecule has 3 rings (SSSR count). The zero-order chi connectivity index (χ0) is 17.8. The van der Waals surface area contributed by atoms with Crippen LogP contribution in [0.15, 0.2) is 48.5 Å². The number of urea groups is 1. The summed E-state index contributed by atoms with van der Waals surface area (Å²) >= 11 is 0. The molecule has 0 radical (unpaired) electrons. The highest BCUT2D eigenvalue weighted by Gasteiger charge is 2.18. The first kappa shape index (κ1) is 17.0. The Morgan fingerprint density at radius 3 is 2.36 bits per heavy atom. The van der Waals surface area contributed by atoms with Crippen LogP contribution in [0.4, 0.5) is 16.2 Å². The van der Waals surface area contributed by atoms with Gasteiger partial charge < -0.3 is 10.6 Å². The summed E-state index contributed by atoms with van der Waals surface area (Å²) in [6.45, 7) is 5.68. The fourth-order valence-electron chi connectivity index (χ4n) is 2.82. The molecule has 0 saturated carbocycles. The first-order chi connectivity index (χ1) is 12.0. The van der Waals surface area contributed by atoms with E-state index in [1.165, 1.54) is 5.56 Å². The second-order valence-corrected chi connectivity index (χ2v) is 6.51. The zero-order valence-corrected chi connectivity index (χ0v) is 14.6. The maximum absolute atomic E-state index is 12.3. The van der Waals surface area contributed by atoms with Crippen molar-refractivity contribution in [3.8, 4) is 0 Å². The number of benzene rings is 2. The predicted molar refractivity (Wildman–Crippen MR) is 100 cm³/mol. The van der Waals surface area contributed by atoms with E-state index in [9.17, 15) is 9.59 Å². The summed E-state index contributed by atoms with van der Waals surface area (Å²) in [5.74, 6) is 0.301. The molecule has 25 heavy (non-hydrogen) atoms. The second kappa shape index (κ2) is 7.38. The maximum atomic E-state index is 12.3. The van der Waals surface area contributed by atoms with Crippen LogP contribution < -0.4 is 15.5 Å². The summed E-state index contributed by atoms with van der Waals surface area (Å²) < 4.78 is 0. The Morgan fingerprint density at radius 2 is 1.76 bits per heavy atom. The Balaban J connectivity index is 1.66. The minimum absolute atomic E-state index is 0.0757. The lowest BCUT2D eigenvalue weighted by molar-refractivity contribution is 0.102. The third-order valence-electron chi connectivity index (χ3n) is 4.36. The standard InChI is InChI=1S/C20H23N3O2/c1-14(2)15-4-6-16(7-5-15)19(24)22-17-8-10-18(11-9-17)23-13-3-12-21-20(23)25/h4-11,14H,3,12-13H2,1-2H3,(H,21,25)(H,22,24). The molecule has 0 atom stereocenters. The highest BCUT2D eigenvalue weighted by atomic mass is 16.2. The molecule has 2 aromatic carbocycles. The second-order valence-electron chi connectivity index (χ2n) is 6.51. The molecular weight excluding hydrogens is 314 g/mol. The number of rotatable bonds is 4. The van der Waals surface area contributed by atoms with Crippen molar-refractivity contribution in [2.45, 2.75) is 26.2 Å². The number of carbonyl (C=O) groups excluding carboxylic acids is 2. The van der Waals surface area contributed by atoms with Gasteiger partial charge in [-0.25, -0.2) is 4.79 Å². The monoisotopic (exact) mass is 337 g/mol. The molecule has 1 aliphatic rings. The Bertz CT molecular complexity index is 752. The van der Waals surface area contributed by atoms with E-state index in [1.54, 1.807) is 4.90 Å². The lowest BCUT2D eigenvalue weighted by atomic mass is 10.0. The van der Waals surface area contributed by atoms with Gasteiger partial charge in [0.1, 0.15) is 0 Å². The zero-order valence-electron chi connectivity index (χ0n) is 14.6.